The van der Waals surface area contributed by atoms with E-state index in [1.165, 1.54) is 5.56 Å². The Kier molecular flexibility index (Phi) is 6.83. The molecule has 1 aromatic carbocycles. The molecule has 5 nitrogen and oxygen atoms in total. The summed E-state index contributed by atoms with van der Waals surface area (Å²) in [6.07, 6.45) is 2.63. The van der Waals surface area contributed by atoms with Crippen LogP contribution in [0.15, 0.2) is 24.3 Å². The molecule has 0 unspecified atom stereocenters. The monoisotopic (exact) mass is 306 g/mol. The van der Waals surface area contributed by atoms with Gasteiger partial charge < -0.3 is 4.74 Å². The second-order valence-corrected chi connectivity index (χ2v) is 5.50. The summed E-state index contributed by atoms with van der Waals surface area (Å²) in [6, 6.07) is 7.65. The van der Waals surface area contributed by atoms with Gasteiger partial charge in [0.05, 0.1) is 0 Å². The number of amides is 1. The molecule has 0 spiro atoms. The van der Waals surface area contributed by atoms with E-state index in [4.69, 9.17) is 9.57 Å². The standard InChI is InChI=1S/C17H26N2O3/c1-3-19(4-2)13-14-8-10-15(11-9-14)17(20)18-22-16-7-5-6-12-21-16/h8-11,16H,3-7,12-13H2,1-2H3,(H,18,20)/t16-/m1/s1. The predicted octanol–water partition coefficient (Wildman–Crippen LogP) is 2.72. The summed E-state index contributed by atoms with van der Waals surface area (Å²) < 4.78 is 5.41. The van der Waals surface area contributed by atoms with E-state index in [1.54, 1.807) is 0 Å². The van der Waals surface area contributed by atoms with Crippen molar-refractivity contribution in [1.29, 1.82) is 0 Å². The third-order valence-electron chi connectivity index (χ3n) is 3.94. The van der Waals surface area contributed by atoms with Crippen LogP contribution in [0.4, 0.5) is 0 Å². The second-order valence-electron chi connectivity index (χ2n) is 5.50. The van der Waals surface area contributed by atoms with E-state index in [1.807, 2.05) is 24.3 Å². The van der Waals surface area contributed by atoms with Crippen LogP contribution >= 0.6 is 0 Å². The van der Waals surface area contributed by atoms with Crippen LogP contribution in [0.2, 0.25) is 0 Å². The first kappa shape index (κ1) is 16.9. The van der Waals surface area contributed by atoms with Gasteiger partial charge in [-0.05, 0) is 43.6 Å². The van der Waals surface area contributed by atoms with Gasteiger partial charge in [-0.3, -0.25) is 9.69 Å². The number of benzene rings is 1. The fourth-order valence-corrected chi connectivity index (χ4v) is 2.45. The molecule has 1 aromatic rings. The zero-order chi connectivity index (χ0) is 15.8. The van der Waals surface area contributed by atoms with E-state index in [-0.39, 0.29) is 12.2 Å². The molecule has 1 N–H and O–H groups in total. The van der Waals surface area contributed by atoms with Crippen molar-refractivity contribution in [3.05, 3.63) is 35.4 Å². The molecule has 0 radical (unpaired) electrons. The third kappa shape index (κ3) is 5.09. The highest BCUT2D eigenvalue weighted by atomic mass is 16.8. The second kappa shape index (κ2) is 8.88. The number of carbonyl (C=O) groups excluding carboxylic acids is 1. The van der Waals surface area contributed by atoms with E-state index in [0.29, 0.717) is 12.2 Å². The summed E-state index contributed by atoms with van der Waals surface area (Å²) in [5.74, 6) is -0.233. The molecular weight excluding hydrogens is 280 g/mol. The normalized spacial score (nSPS) is 18.4. The first-order chi connectivity index (χ1) is 10.7. The first-order valence-corrected chi connectivity index (χ1v) is 8.11. The molecule has 1 aliphatic rings. The number of hydrogen-bond donors (Lipinski definition) is 1. The maximum Gasteiger partial charge on any atom is 0.274 e. The lowest BCUT2D eigenvalue weighted by Gasteiger charge is -2.22. The van der Waals surface area contributed by atoms with Crippen LogP contribution < -0.4 is 5.48 Å². The van der Waals surface area contributed by atoms with Crippen LogP contribution in [0.1, 0.15) is 49.0 Å². The largest absolute Gasteiger partial charge is 0.350 e. The Morgan fingerprint density at radius 2 is 2.00 bits per heavy atom. The van der Waals surface area contributed by atoms with Gasteiger partial charge in [0.25, 0.3) is 5.91 Å². The molecular formula is C17H26N2O3. The van der Waals surface area contributed by atoms with Gasteiger partial charge in [-0.2, -0.15) is 0 Å². The van der Waals surface area contributed by atoms with Crippen LogP contribution in [0.25, 0.3) is 0 Å². The quantitative estimate of drug-likeness (QED) is 0.787. The van der Waals surface area contributed by atoms with Crippen molar-refractivity contribution >= 4 is 5.91 Å². The maximum atomic E-state index is 12.0. The zero-order valence-corrected chi connectivity index (χ0v) is 13.5. The molecule has 0 saturated carbocycles. The predicted molar refractivity (Wildman–Crippen MR) is 85.2 cm³/mol. The van der Waals surface area contributed by atoms with Gasteiger partial charge in [0.2, 0.25) is 0 Å². The van der Waals surface area contributed by atoms with Crippen LogP contribution in [0.3, 0.4) is 0 Å². The molecule has 1 fully saturated rings. The average Bonchev–Trinajstić information content (AvgIpc) is 2.59. The Morgan fingerprint density at radius 1 is 1.27 bits per heavy atom. The summed E-state index contributed by atoms with van der Waals surface area (Å²) in [6.45, 7) is 7.94. The van der Waals surface area contributed by atoms with E-state index in [2.05, 4.69) is 24.2 Å². The van der Waals surface area contributed by atoms with E-state index in [0.717, 1.165) is 38.9 Å². The van der Waals surface area contributed by atoms with Gasteiger partial charge >= 0.3 is 0 Å². The molecule has 1 amide bonds. The zero-order valence-electron chi connectivity index (χ0n) is 13.5. The Bertz CT molecular complexity index is 451. The van der Waals surface area contributed by atoms with Crippen LogP contribution in [0, 0.1) is 0 Å². The molecule has 1 heterocycles. The smallest absolute Gasteiger partial charge is 0.274 e. The summed E-state index contributed by atoms with van der Waals surface area (Å²) in [5.41, 5.74) is 4.28. The highest BCUT2D eigenvalue weighted by molar-refractivity contribution is 5.93. The molecule has 1 atom stereocenters. The van der Waals surface area contributed by atoms with Gasteiger partial charge in [0.15, 0.2) is 6.29 Å². The number of rotatable bonds is 7. The Morgan fingerprint density at radius 3 is 2.59 bits per heavy atom. The first-order valence-electron chi connectivity index (χ1n) is 8.11. The molecule has 1 saturated heterocycles. The molecule has 122 valence electrons. The van der Waals surface area contributed by atoms with Gasteiger partial charge in [-0.25, -0.2) is 10.3 Å². The molecule has 1 aliphatic heterocycles. The van der Waals surface area contributed by atoms with Gasteiger partial charge in [0.1, 0.15) is 0 Å². The lowest BCUT2D eigenvalue weighted by Crippen LogP contribution is -2.33. The van der Waals surface area contributed by atoms with E-state index < -0.39 is 0 Å². The van der Waals surface area contributed by atoms with Gasteiger partial charge in [0, 0.05) is 25.1 Å². The van der Waals surface area contributed by atoms with Crippen molar-refractivity contribution in [2.75, 3.05) is 19.7 Å². The number of carbonyl (C=O) groups is 1. The SMILES string of the molecule is CCN(CC)Cc1ccc(C(=O)NO[C@@H]2CCCCO2)cc1. The highest BCUT2D eigenvalue weighted by Crippen LogP contribution is 2.13. The lowest BCUT2D eigenvalue weighted by atomic mass is 10.1. The van der Waals surface area contributed by atoms with Gasteiger partial charge in [-0.1, -0.05) is 26.0 Å². The van der Waals surface area contributed by atoms with E-state index in [9.17, 15) is 4.79 Å². The highest BCUT2D eigenvalue weighted by Gasteiger charge is 2.16. The Balaban J connectivity index is 1.82. The van der Waals surface area contributed by atoms with Crippen molar-refractivity contribution in [2.24, 2.45) is 0 Å². The van der Waals surface area contributed by atoms with Crippen LogP contribution in [-0.4, -0.2) is 36.8 Å². The number of nitrogens with one attached hydrogen (secondary N) is 1. The molecule has 0 aliphatic carbocycles. The van der Waals surface area contributed by atoms with Gasteiger partial charge in [-0.15, -0.1) is 0 Å². The minimum atomic E-state index is -0.320. The Labute approximate surface area is 132 Å². The lowest BCUT2D eigenvalue weighted by molar-refractivity contribution is -0.186. The molecule has 0 bridgehead atoms. The minimum absolute atomic E-state index is 0.233. The Hall–Kier alpha value is -1.43. The molecule has 22 heavy (non-hydrogen) atoms. The van der Waals surface area contributed by atoms with Crippen molar-refractivity contribution in [3.63, 3.8) is 0 Å². The molecule has 5 heteroatoms. The topological polar surface area (TPSA) is 50.8 Å². The third-order valence-corrected chi connectivity index (χ3v) is 3.94. The average molecular weight is 306 g/mol. The van der Waals surface area contributed by atoms with Crippen molar-refractivity contribution in [1.82, 2.24) is 10.4 Å². The fraction of sp³-hybridized carbons (Fsp3) is 0.588. The molecule has 2 rings (SSSR count). The summed E-state index contributed by atoms with van der Waals surface area (Å²) in [4.78, 5) is 19.7. The summed E-state index contributed by atoms with van der Waals surface area (Å²) in [7, 11) is 0. The summed E-state index contributed by atoms with van der Waals surface area (Å²) in [5, 5.41) is 0. The minimum Gasteiger partial charge on any atom is -0.350 e. The number of ether oxygens (including phenoxy) is 1. The fourth-order valence-electron chi connectivity index (χ4n) is 2.45. The van der Waals surface area contributed by atoms with Crippen molar-refractivity contribution in [3.8, 4) is 0 Å². The maximum absolute atomic E-state index is 12.0. The number of hydroxylamine groups is 1. The van der Waals surface area contributed by atoms with Crippen LogP contribution in [0.5, 0.6) is 0 Å². The number of nitrogens with zero attached hydrogens (tertiary/aromatic N) is 1. The van der Waals surface area contributed by atoms with Crippen molar-refractivity contribution in [2.45, 2.75) is 45.9 Å². The molecule has 0 aromatic heterocycles. The van der Waals surface area contributed by atoms with Crippen LogP contribution in [-0.2, 0) is 16.1 Å². The van der Waals surface area contributed by atoms with Crippen molar-refractivity contribution < 1.29 is 14.4 Å². The number of hydrogen-bond acceptors (Lipinski definition) is 4. The van der Waals surface area contributed by atoms with E-state index >= 15 is 0 Å². The summed E-state index contributed by atoms with van der Waals surface area (Å²) >= 11 is 0.